The Balaban J connectivity index is 1.90. The molecule has 1 saturated heterocycles. The summed E-state index contributed by atoms with van der Waals surface area (Å²) in [6.45, 7) is 2.25. The van der Waals surface area contributed by atoms with E-state index >= 15 is 0 Å². The van der Waals surface area contributed by atoms with Crippen molar-refractivity contribution in [3.63, 3.8) is 0 Å². The van der Waals surface area contributed by atoms with Crippen LogP contribution in [0.5, 0.6) is 0 Å². The molecule has 0 spiro atoms. The maximum absolute atomic E-state index is 3.53. The molecule has 1 unspecified atom stereocenters. The Morgan fingerprint density at radius 3 is 2.94 bits per heavy atom. The first kappa shape index (κ1) is 9.97. The van der Waals surface area contributed by atoms with E-state index in [-0.39, 0.29) is 0 Å². The van der Waals surface area contributed by atoms with Gasteiger partial charge in [0.05, 0.1) is 11.4 Å². The standard InChI is InChI=1S/C13H19N3/c1-15(2)11-7-10-8-14-12-5-3-4-6-13(12)16(10)9-11/h3-6,10-11,14H,7-9H2,1-2H3/t10-,11?/m1/s1. The normalized spacial score (nSPS) is 27.6. The molecule has 16 heavy (non-hydrogen) atoms. The summed E-state index contributed by atoms with van der Waals surface area (Å²) >= 11 is 0. The van der Waals surface area contributed by atoms with Crippen LogP contribution in [-0.2, 0) is 0 Å². The number of hydrogen-bond donors (Lipinski definition) is 1. The summed E-state index contributed by atoms with van der Waals surface area (Å²) in [4.78, 5) is 4.91. The highest BCUT2D eigenvalue weighted by Crippen LogP contribution is 2.36. The summed E-state index contributed by atoms with van der Waals surface area (Å²) in [6, 6.07) is 10.00. The van der Waals surface area contributed by atoms with Gasteiger partial charge in [-0.1, -0.05) is 12.1 Å². The Labute approximate surface area is 97.0 Å². The quantitative estimate of drug-likeness (QED) is 0.771. The lowest BCUT2D eigenvalue weighted by Crippen LogP contribution is -2.39. The van der Waals surface area contributed by atoms with Gasteiger partial charge in [-0.15, -0.1) is 0 Å². The highest BCUT2D eigenvalue weighted by atomic mass is 15.3. The molecular formula is C13H19N3. The number of rotatable bonds is 1. The summed E-state index contributed by atoms with van der Waals surface area (Å²) in [5.74, 6) is 0. The Bertz CT molecular complexity index is 389. The summed E-state index contributed by atoms with van der Waals surface area (Å²) in [6.07, 6.45) is 1.27. The summed E-state index contributed by atoms with van der Waals surface area (Å²) in [5.41, 5.74) is 2.67. The molecule has 2 heterocycles. The van der Waals surface area contributed by atoms with Gasteiger partial charge >= 0.3 is 0 Å². The van der Waals surface area contributed by atoms with E-state index < -0.39 is 0 Å². The van der Waals surface area contributed by atoms with E-state index in [0.29, 0.717) is 12.1 Å². The van der Waals surface area contributed by atoms with Gasteiger partial charge in [0.1, 0.15) is 0 Å². The third-order valence-corrected chi connectivity index (χ3v) is 3.86. The van der Waals surface area contributed by atoms with E-state index in [4.69, 9.17) is 0 Å². The molecule has 1 aromatic carbocycles. The SMILES string of the molecule is CN(C)C1C[C@@H]2CNc3ccccc3N2C1. The maximum atomic E-state index is 3.53. The van der Waals surface area contributed by atoms with Gasteiger partial charge in [-0.05, 0) is 32.6 Å². The van der Waals surface area contributed by atoms with Gasteiger partial charge in [-0.25, -0.2) is 0 Å². The number of benzene rings is 1. The van der Waals surface area contributed by atoms with Gasteiger partial charge in [0.25, 0.3) is 0 Å². The third-order valence-electron chi connectivity index (χ3n) is 3.86. The van der Waals surface area contributed by atoms with Gasteiger partial charge in [0, 0.05) is 25.2 Å². The molecule has 3 nitrogen and oxygen atoms in total. The topological polar surface area (TPSA) is 18.5 Å². The molecule has 2 aliphatic heterocycles. The number of nitrogens with one attached hydrogen (secondary N) is 1. The lowest BCUT2D eigenvalue weighted by Gasteiger charge is -2.34. The predicted molar refractivity (Wildman–Crippen MR) is 68.2 cm³/mol. The van der Waals surface area contributed by atoms with Gasteiger partial charge in [0.2, 0.25) is 0 Å². The number of fused-ring (bicyclic) bond motifs is 3. The molecule has 0 aromatic heterocycles. The zero-order valence-electron chi connectivity index (χ0n) is 9.98. The minimum Gasteiger partial charge on any atom is -0.381 e. The first-order valence-corrected chi connectivity index (χ1v) is 6.01. The van der Waals surface area contributed by atoms with E-state index in [2.05, 4.69) is 53.5 Å². The van der Waals surface area contributed by atoms with Crippen molar-refractivity contribution in [1.29, 1.82) is 0 Å². The average Bonchev–Trinajstić information content (AvgIpc) is 2.73. The van der Waals surface area contributed by atoms with Crippen LogP contribution < -0.4 is 10.2 Å². The molecule has 3 rings (SSSR count). The van der Waals surface area contributed by atoms with Crippen molar-refractivity contribution in [2.75, 3.05) is 37.4 Å². The lowest BCUT2D eigenvalue weighted by molar-refractivity contribution is 0.311. The fraction of sp³-hybridized carbons (Fsp3) is 0.538. The molecular weight excluding hydrogens is 198 g/mol. The van der Waals surface area contributed by atoms with Crippen molar-refractivity contribution in [2.45, 2.75) is 18.5 Å². The van der Waals surface area contributed by atoms with E-state index in [1.165, 1.54) is 17.8 Å². The van der Waals surface area contributed by atoms with Crippen molar-refractivity contribution in [2.24, 2.45) is 0 Å². The van der Waals surface area contributed by atoms with Gasteiger partial charge in [0.15, 0.2) is 0 Å². The predicted octanol–water partition coefficient (Wildman–Crippen LogP) is 1.62. The van der Waals surface area contributed by atoms with Crippen LogP contribution in [0.25, 0.3) is 0 Å². The Kier molecular flexibility index (Phi) is 2.28. The summed E-state index contributed by atoms with van der Waals surface area (Å²) in [5, 5.41) is 3.53. The van der Waals surface area contributed by atoms with Crippen molar-refractivity contribution >= 4 is 11.4 Å². The van der Waals surface area contributed by atoms with Crippen LogP contribution in [0.2, 0.25) is 0 Å². The molecule has 0 bridgehead atoms. The van der Waals surface area contributed by atoms with Crippen molar-refractivity contribution in [1.82, 2.24) is 4.90 Å². The molecule has 2 atom stereocenters. The zero-order chi connectivity index (χ0) is 11.1. The van der Waals surface area contributed by atoms with Crippen molar-refractivity contribution in [3.05, 3.63) is 24.3 Å². The van der Waals surface area contributed by atoms with Crippen molar-refractivity contribution < 1.29 is 0 Å². The molecule has 0 radical (unpaired) electrons. The van der Waals surface area contributed by atoms with Crippen LogP contribution >= 0.6 is 0 Å². The Morgan fingerprint density at radius 1 is 1.31 bits per heavy atom. The summed E-state index contributed by atoms with van der Waals surface area (Å²) in [7, 11) is 4.37. The lowest BCUT2D eigenvalue weighted by atomic mass is 10.1. The minimum atomic E-state index is 0.669. The second-order valence-electron chi connectivity index (χ2n) is 5.06. The minimum absolute atomic E-state index is 0.669. The first-order chi connectivity index (χ1) is 7.75. The smallest absolute Gasteiger partial charge is 0.0605 e. The van der Waals surface area contributed by atoms with Gasteiger partial charge < -0.3 is 15.1 Å². The molecule has 1 fully saturated rings. The highest BCUT2D eigenvalue weighted by molar-refractivity contribution is 5.73. The molecule has 3 heteroatoms. The van der Waals surface area contributed by atoms with E-state index in [1.807, 2.05) is 0 Å². The van der Waals surface area contributed by atoms with Crippen LogP contribution in [0.15, 0.2) is 24.3 Å². The second kappa shape index (κ2) is 3.67. The molecule has 1 aromatic rings. The Morgan fingerprint density at radius 2 is 2.12 bits per heavy atom. The molecule has 0 amide bonds. The molecule has 1 N–H and O–H groups in total. The zero-order valence-corrected chi connectivity index (χ0v) is 9.98. The van der Waals surface area contributed by atoms with Crippen LogP contribution in [0.3, 0.4) is 0 Å². The van der Waals surface area contributed by atoms with Crippen LogP contribution in [0.1, 0.15) is 6.42 Å². The first-order valence-electron chi connectivity index (χ1n) is 6.01. The molecule has 0 saturated carbocycles. The van der Waals surface area contributed by atoms with E-state index in [9.17, 15) is 0 Å². The average molecular weight is 217 g/mol. The molecule has 0 aliphatic carbocycles. The van der Waals surface area contributed by atoms with Crippen molar-refractivity contribution in [3.8, 4) is 0 Å². The van der Waals surface area contributed by atoms with E-state index in [0.717, 1.165) is 13.1 Å². The van der Waals surface area contributed by atoms with Crippen LogP contribution in [0, 0.1) is 0 Å². The molecule has 86 valence electrons. The summed E-state index contributed by atoms with van der Waals surface area (Å²) < 4.78 is 0. The maximum Gasteiger partial charge on any atom is 0.0605 e. The largest absolute Gasteiger partial charge is 0.381 e. The number of anilines is 2. The number of likely N-dealkylation sites (N-methyl/N-ethyl adjacent to an activating group) is 1. The van der Waals surface area contributed by atoms with Crippen LogP contribution in [0.4, 0.5) is 11.4 Å². The number of para-hydroxylation sites is 2. The van der Waals surface area contributed by atoms with E-state index in [1.54, 1.807) is 0 Å². The fourth-order valence-corrected chi connectivity index (χ4v) is 2.86. The molecule has 2 aliphatic rings. The van der Waals surface area contributed by atoms with Gasteiger partial charge in [-0.3, -0.25) is 0 Å². The second-order valence-corrected chi connectivity index (χ2v) is 5.06. The Hall–Kier alpha value is -1.22. The third kappa shape index (κ3) is 1.47. The van der Waals surface area contributed by atoms with Gasteiger partial charge in [-0.2, -0.15) is 0 Å². The fourth-order valence-electron chi connectivity index (χ4n) is 2.86. The number of hydrogen-bond acceptors (Lipinski definition) is 3. The highest BCUT2D eigenvalue weighted by Gasteiger charge is 2.36. The van der Waals surface area contributed by atoms with Crippen LogP contribution in [-0.4, -0.2) is 44.2 Å². The number of nitrogens with zero attached hydrogens (tertiary/aromatic N) is 2. The monoisotopic (exact) mass is 217 g/mol.